The minimum atomic E-state index is 0.111. The maximum atomic E-state index is 11.7. The molecule has 1 heterocycles. The number of ketones is 1. The minimum Gasteiger partial charge on any atom is -0.294 e. The van der Waals surface area contributed by atoms with E-state index in [2.05, 4.69) is 16.8 Å². The zero-order valence-corrected chi connectivity index (χ0v) is 8.58. The Morgan fingerprint density at radius 1 is 1.50 bits per heavy atom. The van der Waals surface area contributed by atoms with Crippen LogP contribution in [0, 0.1) is 13.8 Å². The molecule has 0 N–H and O–H groups in total. The standard InChI is InChI=1S/C11H14N2O/c1-4-5-6-11(14)10-7-8(2)12-13-9(10)3/h4,7H,1,5-6H2,2-3H3. The third kappa shape index (κ3) is 2.49. The SMILES string of the molecule is C=CCCC(=O)c1cc(C)nnc1C. The van der Waals surface area contributed by atoms with Crippen LogP contribution in [-0.2, 0) is 0 Å². The number of nitrogens with zero attached hydrogens (tertiary/aromatic N) is 2. The smallest absolute Gasteiger partial charge is 0.165 e. The molecule has 0 bridgehead atoms. The topological polar surface area (TPSA) is 42.9 Å². The highest BCUT2D eigenvalue weighted by atomic mass is 16.1. The number of hydrogen-bond acceptors (Lipinski definition) is 3. The number of aromatic nitrogens is 2. The first-order chi connectivity index (χ1) is 6.65. The Balaban J connectivity index is 2.88. The Hall–Kier alpha value is -1.51. The zero-order chi connectivity index (χ0) is 10.6. The Morgan fingerprint density at radius 2 is 2.21 bits per heavy atom. The molecule has 1 rings (SSSR count). The van der Waals surface area contributed by atoms with Crippen LogP contribution in [0.1, 0.15) is 34.6 Å². The van der Waals surface area contributed by atoms with Gasteiger partial charge in [-0.2, -0.15) is 10.2 Å². The van der Waals surface area contributed by atoms with Crippen LogP contribution in [-0.4, -0.2) is 16.0 Å². The Bertz CT molecular complexity index is 358. The molecule has 0 spiro atoms. The molecule has 74 valence electrons. The third-order valence-corrected chi connectivity index (χ3v) is 1.98. The van der Waals surface area contributed by atoms with Crippen molar-refractivity contribution in [3.8, 4) is 0 Å². The summed E-state index contributed by atoms with van der Waals surface area (Å²) in [5, 5.41) is 7.79. The molecule has 1 aromatic heterocycles. The highest BCUT2D eigenvalue weighted by molar-refractivity contribution is 5.97. The van der Waals surface area contributed by atoms with Gasteiger partial charge in [-0.3, -0.25) is 4.79 Å². The lowest BCUT2D eigenvalue weighted by Crippen LogP contribution is -2.05. The summed E-state index contributed by atoms with van der Waals surface area (Å²) >= 11 is 0. The van der Waals surface area contributed by atoms with Gasteiger partial charge in [0.25, 0.3) is 0 Å². The number of hydrogen-bond donors (Lipinski definition) is 0. The number of aryl methyl sites for hydroxylation is 2. The molecule has 0 fully saturated rings. The van der Waals surface area contributed by atoms with Crippen LogP contribution in [0.5, 0.6) is 0 Å². The summed E-state index contributed by atoms with van der Waals surface area (Å²) in [6.07, 6.45) is 2.95. The third-order valence-electron chi connectivity index (χ3n) is 1.98. The second-order valence-electron chi connectivity index (χ2n) is 3.24. The van der Waals surface area contributed by atoms with Crippen molar-refractivity contribution in [3.63, 3.8) is 0 Å². The van der Waals surface area contributed by atoms with E-state index in [0.29, 0.717) is 24.1 Å². The first-order valence-corrected chi connectivity index (χ1v) is 4.60. The van der Waals surface area contributed by atoms with Crippen LogP contribution < -0.4 is 0 Å². The van der Waals surface area contributed by atoms with Crippen LogP contribution >= 0.6 is 0 Å². The summed E-state index contributed by atoms with van der Waals surface area (Å²) in [6.45, 7) is 7.22. The van der Waals surface area contributed by atoms with Crippen molar-refractivity contribution in [1.29, 1.82) is 0 Å². The molecule has 0 saturated heterocycles. The summed E-state index contributed by atoms with van der Waals surface area (Å²) < 4.78 is 0. The summed E-state index contributed by atoms with van der Waals surface area (Å²) in [7, 11) is 0. The summed E-state index contributed by atoms with van der Waals surface area (Å²) in [4.78, 5) is 11.7. The number of rotatable bonds is 4. The van der Waals surface area contributed by atoms with Crippen molar-refractivity contribution < 1.29 is 4.79 Å². The van der Waals surface area contributed by atoms with E-state index >= 15 is 0 Å². The van der Waals surface area contributed by atoms with Crippen LogP contribution in [0.3, 0.4) is 0 Å². The van der Waals surface area contributed by atoms with Gasteiger partial charge < -0.3 is 0 Å². The largest absolute Gasteiger partial charge is 0.294 e. The lowest BCUT2D eigenvalue weighted by atomic mass is 10.1. The zero-order valence-electron chi connectivity index (χ0n) is 8.58. The lowest BCUT2D eigenvalue weighted by molar-refractivity contribution is 0.0982. The second-order valence-corrected chi connectivity index (χ2v) is 3.24. The lowest BCUT2D eigenvalue weighted by Gasteiger charge is -2.02. The number of allylic oxidation sites excluding steroid dienone is 1. The molecule has 1 aromatic rings. The molecular formula is C11H14N2O. The van der Waals surface area contributed by atoms with Crippen molar-refractivity contribution in [2.75, 3.05) is 0 Å². The first-order valence-electron chi connectivity index (χ1n) is 4.60. The second kappa shape index (κ2) is 4.65. The van der Waals surface area contributed by atoms with Gasteiger partial charge in [0.2, 0.25) is 0 Å². The molecule has 0 atom stereocenters. The van der Waals surface area contributed by atoms with E-state index in [0.717, 1.165) is 5.69 Å². The van der Waals surface area contributed by atoms with E-state index in [-0.39, 0.29) is 5.78 Å². The van der Waals surface area contributed by atoms with Crippen LogP contribution in [0.2, 0.25) is 0 Å². The van der Waals surface area contributed by atoms with E-state index in [9.17, 15) is 4.79 Å². The van der Waals surface area contributed by atoms with Crippen molar-refractivity contribution in [2.24, 2.45) is 0 Å². The molecule has 0 aliphatic carbocycles. The van der Waals surface area contributed by atoms with Gasteiger partial charge in [-0.15, -0.1) is 6.58 Å². The molecule has 0 radical (unpaired) electrons. The Morgan fingerprint density at radius 3 is 2.86 bits per heavy atom. The van der Waals surface area contributed by atoms with Gasteiger partial charge in [0.05, 0.1) is 11.4 Å². The molecule has 3 heteroatoms. The van der Waals surface area contributed by atoms with Crippen LogP contribution in [0.25, 0.3) is 0 Å². The van der Waals surface area contributed by atoms with E-state index in [1.54, 1.807) is 19.1 Å². The highest BCUT2D eigenvalue weighted by Gasteiger charge is 2.09. The molecule has 0 aromatic carbocycles. The quantitative estimate of drug-likeness (QED) is 0.540. The molecule has 0 unspecified atom stereocenters. The maximum absolute atomic E-state index is 11.7. The van der Waals surface area contributed by atoms with Gasteiger partial charge in [0.1, 0.15) is 0 Å². The number of Topliss-reactive ketones (excluding diaryl/α,β-unsaturated/α-hetero) is 1. The average molecular weight is 190 g/mol. The number of carbonyl (C=O) groups is 1. The van der Waals surface area contributed by atoms with Gasteiger partial charge >= 0.3 is 0 Å². The van der Waals surface area contributed by atoms with Crippen molar-refractivity contribution in [2.45, 2.75) is 26.7 Å². The van der Waals surface area contributed by atoms with Crippen molar-refractivity contribution in [3.05, 3.63) is 35.7 Å². The normalized spacial score (nSPS) is 9.86. The van der Waals surface area contributed by atoms with Gasteiger partial charge in [-0.1, -0.05) is 6.08 Å². The fourth-order valence-corrected chi connectivity index (χ4v) is 1.20. The first kappa shape index (κ1) is 10.6. The van der Waals surface area contributed by atoms with Gasteiger partial charge in [-0.25, -0.2) is 0 Å². The number of carbonyl (C=O) groups excluding carboxylic acids is 1. The fraction of sp³-hybridized carbons (Fsp3) is 0.364. The molecule has 14 heavy (non-hydrogen) atoms. The molecule has 3 nitrogen and oxygen atoms in total. The Labute approximate surface area is 83.9 Å². The van der Waals surface area contributed by atoms with Crippen molar-refractivity contribution >= 4 is 5.78 Å². The molecule has 0 aliphatic heterocycles. The average Bonchev–Trinajstić information content (AvgIpc) is 2.18. The predicted octanol–water partition coefficient (Wildman–Crippen LogP) is 2.24. The van der Waals surface area contributed by atoms with Gasteiger partial charge in [0, 0.05) is 12.0 Å². The maximum Gasteiger partial charge on any atom is 0.165 e. The molecule has 0 aliphatic rings. The Kier molecular flexibility index (Phi) is 3.51. The minimum absolute atomic E-state index is 0.111. The highest BCUT2D eigenvalue weighted by Crippen LogP contribution is 2.09. The molecule has 0 amide bonds. The van der Waals surface area contributed by atoms with E-state index in [1.165, 1.54) is 0 Å². The summed E-state index contributed by atoms with van der Waals surface area (Å²) in [5.41, 5.74) is 2.15. The van der Waals surface area contributed by atoms with E-state index in [1.807, 2.05) is 6.92 Å². The van der Waals surface area contributed by atoms with Crippen molar-refractivity contribution in [1.82, 2.24) is 10.2 Å². The van der Waals surface area contributed by atoms with E-state index < -0.39 is 0 Å². The van der Waals surface area contributed by atoms with Gasteiger partial charge in [0.15, 0.2) is 5.78 Å². The van der Waals surface area contributed by atoms with Crippen LogP contribution in [0.4, 0.5) is 0 Å². The fourth-order valence-electron chi connectivity index (χ4n) is 1.20. The van der Waals surface area contributed by atoms with Gasteiger partial charge in [-0.05, 0) is 26.3 Å². The predicted molar refractivity (Wildman–Crippen MR) is 55.3 cm³/mol. The molecular weight excluding hydrogens is 176 g/mol. The van der Waals surface area contributed by atoms with Crippen LogP contribution in [0.15, 0.2) is 18.7 Å². The summed E-state index contributed by atoms with van der Waals surface area (Å²) in [6, 6.07) is 1.79. The van der Waals surface area contributed by atoms with E-state index in [4.69, 9.17) is 0 Å². The molecule has 0 saturated carbocycles. The monoisotopic (exact) mass is 190 g/mol. The summed E-state index contributed by atoms with van der Waals surface area (Å²) in [5.74, 6) is 0.111.